The molecule has 0 radical (unpaired) electrons. The first-order chi connectivity index (χ1) is 12.3. The van der Waals surface area contributed by atoms with Crippen LogP contribution in [0.3, 0.4) is 0 Å². The van der Waals surface area contributed by atoms with Gasteiger partial charge in [-0.05, 0) is 24.1 Å². The average molecular weight is 338 g/mol. The molecule has 0 amide bonds. The van der Waals surface area contributed by atoms with E-state index < -0.39 is 0 Å². The van der Waals surface area contributed by atoms with Gasteiger partial charge < -0.3 is 15.2 Å². The van der Waals surface area contributed by atoms with Crippen molar-refractivity contribution >= 4 is 0 Å². The molecule has 0 aliphatic carbocycles. The van der Waals surface area contributed by atoms with Crippen molar-refractivity contribution in [1.29, 1.82) is 0 Å². The van der Waals surface area contributed by atoms with Crippen LogP contribution < -0.4 is 15.2 Å². The molecule has 0 spiro atoms. The number of likely N-dealkylation sites (tertiary alicyclic amines) is 1. The van der Waals surface area contributed by atoms with Crippen molar-refractivity contribution in [2.75, 3.05) is 32.8 Å². The molecule has 2 aliphatic heterocycles. The summed E-state index contributed by atoms with van der Waals surface area (Å²) in [5, 5.41) is 0. The van der Waals surface area contributed by atoms with E-state index in [1.165, 1.54) is 11.1 Å². The Morgan fingerprint density at radius 1 is 0.960 bits per heavy atom. The van der Waals surface area contributed by atoms with Crippen molar-refractivity contribution in [2.24, 2.45) is 11.7 Å². The number of nitrogens with zero attached hydrogens (tertiary/aromatic N) is 1. The topological polar surface area (TPSA) is 47.7 Å². The van der Waals surface area contributed by atoms with Crippen LogP contribution in [0.4, 0.5) is 0 Å². The van der Waals surface area contributed by atoms with Gasteiger partial charge in [0, 0.05) is 37.5 Å². The first-order valence-corrected chi connectivity index (χ1v) is 9.20. The summed E-state index contributed by atoms with van der Waals surface area (Å²) in [5.74, 6) is 2.81. The smallest absolute Gasteiger partial charge is 0.165 e. The molecule has 4 heteroatoms. The van der Waals surface area contributed by atoms with Gasteiger partial charge in [0.25, 0.3) is 0 Å². The molecular formula is C21H26N2O2. The average Bonchev–Trinajstić information content (AvgIpc) is 2.90. The van der Waals surface area contributed by atoms with E-state index in [-0.39, 0.29) is 0 Å². The molecule has 2 aliphatic rings. The Morgan fingerprint density at radius 2 is 1.80 bits per heavy atom. The standard InChI is InChI=1S/C21H26N2O2/c22-12-18-14-23(15-19(18)16-6-2-1-3-7-16)13-17-8-4-9-20-21(17)25-11-5-10-24-20/h1-4,6-9,18-19H,5,10-15,22H2/t18-,19+/m1/s1. The highest BCUT2D eigenvalue weighted by molar-refractivity contribution is 5.47. The first kappa shape index (κ1) is 16.4. The minimum atomic E-state index is 0.502. The SMILES string of the molecule is NC[C@@H]1CN(Cc2cccc3c2OCCCO3)C[C@H]1c1ccccc1. The summed E-state index contributed by atoms with van der Waals surface area (Å²) in [6.45, 7) is 5.12. The second kappa shape index (κ2) is 7.46. The normalized spacial score (nSPS) is 23.4. The van der Waals surface area contributed by atoms with E-state index in [1.807, 2.05) is 6.07 Å². The highest BCUT2D eigenvalue weighted by Crippen LogP contribution is 2.37. The number of hydrogen-bond donors (Lipinski definition) is 1. The van der Waals surface area contributed by atoms with E-state index >= 15 is 0 Å². The van der Waals surface area contributed by atoms with Gasteiger partial charge in [-0.25, -0.2) is 0 Å². The van der Waals surface area contributed by atoms with Crippen molar-refractivity contribution in [3.8, 4) is 11.5 Å². The molecule has 4 nitrogen and oxygen atoms in total. The van der Waals surface area contributed by atoms with Crippen LogP contribution in [0.2, 0.25) is 0 Å². The summed E-state index contributed by atoms with van der Waals surface area (Å²) in [7, 11) is 0. The molecular weight excluding hydrogens is 312 g/mol. The summed E-state index contributed by atoms with van der Waals surface area (Å²) in [4.78, 5) is 2.50. The lowest BCUT2D eigenvalue weighted by molar-refractivity contribution is 0.286. The number of benzene rings is 2. The molecule has 1 saturated heterocycles. The van der Waals surface area contributed by atoms with Crippen LogP contribution in [-0.4, -0.2) is 37.7 Å². The number of ether oxygens (including phenoxy) is 2. The lowest BCUT2D eigenvalue weighted by atomic mass is 9.89. The molecule has 2 atom stereocenters. The van der Waals surface area contributed by atoms with Gasteiger partial charge in [-0.2, -0.15) is 0 Å². The molecule has 2 aromatic carbocycles. The largest absolute Gasteiger partial charge is 0.490 e. The van der Waals surface area contributed by atoms with Crippen LogP contribution in [0, 0.1) is 5.92 Å². The molecule has 4 rings (SSSR count). The highest BCUT2D eigenvalue weighted by Gasteiger charge is 2.33. The summed E-state index contributed by atoms with van der Waals surface area (Å²) < 4.78 is 11.8. The van der Waals surface area contributed by atoms with Crippen LogP contribution in [-0.2, 0) is 6.54 Å². The number of rotatable bonds is 4. The summed E-state index contributed by atoms with van der Waals surface area (Å²) in [6, 6.07) is 17.0. The van der Waals surface area contributed by atoms with E-state index in [2.05, 4.69) is 47.4 Å². The fraction of sp³-hybridized carbons (Fsp3) is 0.429. The molecule has 0 saturated carbocycles. The van der Waals surface area contributed by atoms with Gasteiger partial charge in [-0.1, -0.05) is 42.5 Å². The second-order valence-corrected chi connectivity index (χ2v) is 7.00. The van der Waals surface area contributed by atoms with Crippen LogP contribution >= 0.6 is 0 Å². The Bertz CT molecular complexity index is 704. The van der Waals surface area contributed by atoms with Crippen LogP contribution in [0.5, 0.6) is 11.5 Å². The Hall–Kier alpha value is -2.04. The zero-order valence-corrected chi connectivity index (χ0v) is 14.6. The van der Waals surface area contributed by atoms with Gasteiger partial charge in [0.1, 0.15) is 0 Å². The Labute approximate surface area is 149 Å². The maximum Gasteiger partial charge on any atom is 0.165 e. The third-order valence-electron chi connectivity index (χ3n) is 5.29. The third kappa shape index (κ3) is 3.51. The highest BCUT2D eigenvalue weighted by atomic mass is 16.5. The Kier molecular flexibility index (Phi) is 4.90. The predicted octanol–water partition coefficient (Wildman–Crippen LogP) is 3.02. The van der Waals surface area contributed by atoms with Crippen molar-refractivity contribution in [3.05, 3.63) is 59.7 Å². The predicted molar refractivity (Wildman–Crippen MR) is 99.1 cm³/mol. The van der Waals surface area contributed by atoms with Gasteiger partial charge in [0.05, 0.1) is 13.2 Å². The van der Waals surface area contributed by atoms with E-state index in [0.29, 0.717) is 11.8 Å². The molecule has 25 heavy (non-hydrogen) atoms. The second-order valence-electron chi connectivity index (χ2n) is 7.00. The molecule has 2 aromatic rings. The molecule has 0 unspecified atom stereocenters. The minimum Gasteiger partial charge on any atom is -0.490 e. The van der Waals surface area contributed by atoms with Gasteiger partial charge in [-0.15, -0.1) is 0 Å². The number of fused-ring (bicyclic) bond motifs is 1. The van der Waals surface area contributed by atoms with E-state index in [0.717, 1.165) is 57.3 Å². The van der Waals surface area contributed by atoms with Crippen molar-refractivity contribution < 1.29 is 9.47 Å². The van der Waals surface area contributed by atoms with Gasteiger partial charge in [0.2, 0.25) is 0 Å². The van der Waals surface area contributed by atoms with E-state index in [4.69, 9.17) is 15.2 Å². The molecule has 1 fully saturated rings. The molecule has 2 heterocycles. The molecule has 132 valence electrons. The maximum absolute atomic E-state index is 6.08. The lowest BCUT2D eigenvalue weighted by Gasteiger charge is -2.19. The lowest BCUT2D eigenvalue weighted by Crippen LogP contribution is -2.23. The molecule has 0 bridgehead atoms. The first-order valence-electron chi connectivity index (χ1n) is 9.20. The van der Waals surface area contributed by atoms with E-state index in [9.17, 15) is 0 Å². The fourth-order valence-corrected chi connectivity index (χ4v) is 4.03. The fourth-order valence-electron chi connectivity index (χ4n) is 4.03. The Balaban J connectivity index is 1.52. The molecule has 2 N–H and O–H groups in total. The van der Waals surface area contributed by atoms with Crippen molar-refractivity contribution in [3.63, 3.8) is 0 Å². The van der Waals surface area contributed by atoms with Crippen LogP contribution in [0.25, 0.3) is 0 Å². The van der Waals surface area contributed by atoms with E-state index in [1.54, 1.807) is 0 Å². The Morgan fingerprint density at radius 3 is 2.64 bits per heavy atom. The minimum absolute atomic E-state index is 0.502. The van der Waals surface area contributed by atoms with Crippen LogP contribution in [0.1, 0.15) is 23.5 Å². The maximum atomic E-state index is 6.08. The van der Waals surface area contributed by atoms with Gasteiger partial charge >= 0.3 is 0 Å². The monoisotopic (exact) mass is 338 g/mol. The van der Waals surface area contributed by atoms with Gasteiger partial charge in [-0.3, -0.25) is 4.90 Å². The summed E-state index contributed by atoms with van der Waals surface area (Å²) >= 11 is 0. The number of nitrogens with two attached hydrogens (primary N) is 1. The molecule has 0 aromatic heterocycles. The van der Waals surface area contributed by atoms with Crippen molar-refractivity contribution in [2.45, 2.75) is 18.9 Å². The number of para-hydroxylation sites is 1. The quantitative estimate of drug-likeness (QED) is 0.931. The summed E-state index contributed by atoms with van der Waals surface area (Å²) in [5.41, 5.74) is 8.68. The summed E-state index contributed by atoms with van der Waals surface area (Å²) in [6.07, 6.45) is 0.934. The zero-order valence-electron chi connectivity index (χ0n) is 14.6. The third-order valence-corrected chi connectivity index (χ3v) is 5.29. The van der Waals surface area contributed by atoms with Crippen LogP contribution in [0.15, 0.2) is 48.5 Å². The number of hydrogen-bond acceptors (Lipinski definition) is 4. The zero-order chi connectivity index (χ0) is 17.1. The van der Waals surface area contributed by atoms with Gasteiger partial charge in [0.15, 0.2) is 11.5 Å². The van der Waals surface area contributed by atoms with Crippen molar-refractivity contribution in [1.82, 2.24) is 4.90 Å².